The van der Waals surface area contributed by atoms with E-state index in [0.717, 1.165) is 23.6 Å². The van der Waals surface area contributed by atoms with Crippen LogP contribution in [0, 0.1) is 0 Å². The fraction of sp³-hybridized carbons (Fsp3) is 0.464. The van der Waals surface area contributed by atoms with Gasteiger partial charge >= 0.3 is 157 Å². The van der Waals surface area contributed by atoms with E-state index in [1.54, 1.807) is 55.6 Å². The van der Waals surface area contributed by atoms with Crippen LogP contribution in [0.4, 0.5) is 5.69 Å². The van der Waals surface area contributed by atoms with Crippen LogP contribution in [0.3, 0.4) is 0 Å². The average Bonchev–Trinajstić information content (AvgIpc) is 2.96. The van der Waals surface area contributed by atoms with Gasteiger partial charge in [0.1, 0.15) is 6.61 Å². The molecule has 2 aromatic carbocycles. The van der Waals surface area contributed by atoms with E-state index in [1.807, 2.05) is 0 Å². The molecular formula is C28H41HgN3O9. The van der Waals surface area contributed by atoms with Gasteiger partial charge in [-0.15, -0.1) is 0 Å². The number of rotatable bonds is 17. The number of likely N-dealkylation sites (N-methyl/N-ethyl adjacent to an activating group) is 1. The van der Waals surface area contributed by atoms with Crippen LogP contribution in [0.5, 0.6) is 5.75 Å². The van der Waals surface area contributed by atoms with Crippen molar-refractivity contribution in [3.05, 3.63) is 59.7 Å². The Hall–Kier alpha value is -2.77. The first-order valence-corrected chi connectivity index (χ1v) is 17.0. The van der Waals surface area contributed by atoms with E-state index < -0.39 is 12.6 Å². The predicted molar refractivity (Wildman–Crippen MR) is 149 cm³/mol. The maximum atomic E-state index is 12.3. The molecule has 0 bridgehead atoms. The normalized spacial score (nSPS) is 11.0. The van der Waals surface area contributed by atoms with Crippen LogP contribution in [-0.4, -0.2) is 99.1 Å². The summed E-state index contributed by atoms with van der Waals surface area (Å²) < 4.78 is 21.8. The summed E-state index contributed by atoms with van der Waals surface area (Å²) in [6.45, 7) is 8.23. The second kappa shape index (κ2) is 22.9. The van der Waals surface area contributed by atoms with Crippen LogP contribution in [-0.2, 0) is 45.1 Å². The number of carboxylic acid groups (broad SMARTS) is 1. The molecule has 0 saturated carbocycles. The van der Waals surface area contributed by atoms with Crippen molar-refractivity contribution >= 4 is 23.5 Å². The molecule has 0 radical (unpaired) electrons. The molecule has 13 heteroatoms. The molecule has 2 aromatic rings. The number of amides is 1. The Kier molecular flexibility index (Phi) is 21.3. The molecule has 12 nitrogen and oxygen atoms in total. The van der Waals surface area contributed by atoms with Gasteiger partial charge in [-0.05, 0) is 37.4 Å². The van der Waals surface area contributed by atoms with Crippen molar-refractivity contribution in [3.63, 3.8) is 0 Å². The Labute approximate surface area is 257 Å². The molecule has 0 saturated heterocycles. The smallest absolute Gasteiger partial charge is 0.870 e. The fourth-order valence-corrected chi connectivity index (χ4v) is 4.72. The van der Waals surface area contributed by atoms with E-state index in [4.69, 9.17) is 29.8 Å². The first kappa shape index (κ1) is 38.2. The summed E-state index contributed by atoms with van der Waals surface area (Å²) in [5.41, 5.74) is 7.04. The second-order valence-electron chi connectivity index (χ2n) is 8.45. The molecular weight excluding hydrogens is 723 g/mol. The molecule has 41 heavy (non-hydrogen) atoms. The van der Waals surface area contributed by atoms with Gasteiger partial charge in [0.25, 0.3) is 0 Å². The minimum Gasteiger partial charge on any atom is -0.870 e. The molecule has 1 atom stereocenters. The van der Waals surface area contributed by atoms with Gasteiger partial charge in [0, 0.05) is 12.2 Å². The number of para-hydroxylation sites is 1. The molecule has 1 unspecified atom stereocenters. The number of methoxy groups -OCH3 is 1. The van der Waals surface area contributed by atoms with Crippen molar-refractivity contribution < 1.29 is 70.0 Å². The largest absolute Gasteiger partial charge is 0.870 e. The Morgan fingerprint density at radius 3 is 2.27 bits per heavy atom. The van der Waals surface area contributed by atoms with Crippen LogP contribution >= 0.6 is 0 Å². The number of nitrogens with two attached hydrogens (primary N) is 1. The summed E-state index contributed by atoms with van der Waals surface area (Å²) in [5, 5.41) is 11.5. The zero-order valence-electron chi connectivity index (χ0n) is 24.0. The Morgan fingerprint density at radius 1 is 1.02 bits per heavy atom. The molecule has 2 rings (SSSR count). The number of anilines is 1. The Balaban J connectivity index is 0.000000794. The molecule has 0 fully saturated rings. The zero-order valence-corrected chi connectivity index (χ0v) is 29.5. The molecule has 0 spiro atoms. The number of ether oxygens (including phenoxy) is 4. The van der Waals surface area contributed by atoms with Crippen molar-refractivity contribution in [2.45, 2.75) is 23.9 Å². The summed E-state index contributed by atoms with van der Waals surface area (Å²) >= 11 is 0.559. The Bertz CT molecular complexity index is 1020. The third-order valence-electron chi connectivity index (χ3n) is 5.62. The molecule has 0 aromatic heterocycles. The first-order chi connectivity index (χ1) is 19.2. The number of carbonyl (C=O) groups is 3. The van der Waals surface area contributed by atoms with E-state index in [-0.39, 0.29) is 29.2 Å². The SMILES string of the molecule is CCN(CC)CCOC(=O)c1ccc(N)cc1.COCCOC([CH2][Hg+])CNC(=O)c1ccccc1OCC(=O)O.[OH-]. The number of nitrogen functional groups attached to an aromatic ring is 1. The van der Waals surface area contributed by atoms with E-state index in [1.165, 1.54) is 0 Å². The summed E-state index contributed by atoms with van der Waals surface area (Å²) in [5.74, 6) is -1.45. The summed E-state index contributed by atoms with van der Waals surface area (Å²) in [6, 6.07) is 13.3. The first-order valence-electron chi connectivity index (χ1n) is 13.1. The van der Waals surface area contributed by atoms with E-state index in [9.17, 15) is 14.4 Å². The fourth-order valence-electron chi connectivity index (χ4n) is 3.27. The molecule has 0 heterocycles. The van der Waals surface area contributed by atoms with Crippen molar-refractivity contribution in [1.82, 2.24) is 10.2 Å². The van der Waals surface area contributed by atoms with Gasteiger partial charge in [-0.1, -0.05) is 13.8 Å². The van der Waals surface area contributed by atoms with Crippen molar-refractivity contribution in [2.24, 2.45) is 0 Å². The van der Waals surface area contributed by atoms with Gasteiger partial charge in [0.2, 0.25) is 0 Å². The van der Waals surface area contributed by atoms with Crippen molar-refractivity contribution in [1.29, 1.82) is 0 Å². The van der Waals surface area contributed by atoms with Crippen molar-refractivity contribution in [3.8, 4) is 5.75 Å². The second-order valence-corrected chi connectivity index (χ2v) is 10.7. The number of esters is 1. The molecule has 224 valence electrons. The van der Waals surface area contributed by atoms with Crippen LogP contribution in [0.2, 0.25) is 3.93 Å². The quantitative estimate of drug-likeness (QED) is 0.0933. The number of nitrogens with zero attached hydrogens (tertiary/aromatic N) is 1. The minimum atomic E-state index is -1.09. The average molecular weight is 764 g/mol. The number of carbonyl (C=O) groups excluding carboxylic acids is 2. The number of hydrogen-bond acceptors (Lipinski definition) is 10. The van der Waals surface area contributed by atoms with Gasteiger partial charge in [-0.2, -0.15) is 0 Å². The monoisotopic (exact) mass is 765 g/mol. The van der Waals surface area contributed by atoms with Gasteiger partial charge in [0.05, 0.1) is 5.56 Å². The molecule has 1 amide bonds. The van der Waals surface area contributed by atoms with Crippen LogP contribution in [0.25, 0.3) is 0 Å². The third-order valence-corrected chi connectivity index (χ3v) is 8.12. The van der Waals surface area contributed by atoms with Gasteiger partial charge < -0.3 is 20.8 Å². The third kappa shape index (κ3) is 16.3. The standard InChI is InChI=1S/C15H20NO6.C13H20N2O2.Hg.H2O/c1-11(21-8-7-20-2)9-16-15(19)12-5-3-4-6-13(12)22-10-14(17)18;1-3-15(4-2)9-10-17-13(16)11-5-7-12(14)8-6-11;;/h3-6,11H,1,7-10H2,2H3,(H,16,19)(H,17,18);5-8H,3-4,9-10,14H2,1-2H3;;1H2/q;;+1;/p-1. The molecule has 0 aliphatic carbocycles. The number of aliphatic carboxylic acids is 1. The minimum absolute atomic E-state index is 0. The number of carboxylic acids is 1. The maximum absolute atomic E-state index is 12.3. The number of nitrogens with one attached hydrogen (secondary N) is 1. The molecule has 5 N–H and O–H groups in total. The van der Waals surface area contributed by atoms with Crippen LogP contribution in [0.15, 0.2) is 48.5 Å². The topological polar surface area (TPSA) is 180 Å². The van der Waals surface area contributed by atoms with Gasteiger partial charge in [-0.3, -0.25) is 0 Å². The van der Waals surface area contributed by atoms with Crippen LogP contribution in [0.1, 0.15) is 34.6 Å². The summed E-state index contributed by atoms with van der Waals surface area (Å²) in [4.78, 5) is 36.7. The summed E-state index contributed by atoms with van der Waals surface area (Å²) in [7, 11) is 1.61. The van der Waals surface area contributed by atoms with E-state index >= 15 is 0 Å². The van der Waals surface area contributed by atoms with Crippen molar-refractivity contribution in [2.75, 3.05) is 65.5 Å². The predicted octanol–water partition coefficient (Wildman–Crippen LogP) is 2.47. The molecule has 0 aliphatic heterocycles. The molecule has 0 aliphatic rings. The van der Waals surface area contributed by atoms with Gasteiger partial charge in [0.15, 0.2) is 0 Å². The maximum Gasteiger partial charge on any atom is -0.870 e. The van der Waals surface area contributed by atoms with E-state index in [0.29, 0.717) is 69.3 Å². The van der Waals surface area contributed by atoms with E-state index in [2.05, 4.69) is 24.1 Å². The van der Waals surface area contributed by atoms with Crippen LogP contribution < -0.4 is 15.8 Å². The zero-order chi connectivity index (χ0) is 29.8. The van der Waals surface area contributed by atoms with Gasteiger partial charge in [-0.25, -0.2) is 4.79 Å². The Morgan fingerprint density at radius 2 is 1.68 bits per heavy atom. The number of hydrogen-bond donors (Lipinski definition) is 3. The summed E-state index contributed by atoms with van der Waals surface area (Å²) in [6.07, 6.45) is -0.0236. The number of benzene rings is 2.